The Morgan fingerprint density at radius 1 is 1.21 bits per heavy atom. The lowest BCUT2D eigenvalue weighted by molar-refractivity contribution is 0.120. The van der Waals surface area contributed by atoms with E-state index in [4.69, 9.17) is 21.4 Å². The van der Waals surface area contributed by atoms with E-state index < -0.39 is 0 Å². The third kappa shape index (κ3) is 4.50. The second-order valence-corrected chi connectivity index (χ2v) is 5.47. The minimum absolute atomic E-state index is 0.0275. The van der Waals surface area contributed by atoms with Crippen LogP contribution in [0.25, 0.3) is 0 Å². The lowest BCUT2D eigenvalue weighted by atomic mass is 10.1. The predicted molar refractivity (Wildman–Crippen MR) is 81.0 cm³/mol. The normalized spacial score (nSPS) is 12.9. The molecule has 0 N–H and O–H groups in total. The zero-order valence-corrected chi connectivity index (χ0v) is 13.5. The summed E-state index contributed by atoms with van der Waals surface area (Å²) >= 11 is 6.30. The van der Waals surface area contributed by atoms with Crippen LogP contribution in [0.5, 0.6) is 0 Å². The highest BCUT2D eigenvalue weighted by Gasteiger charge is 2.18. The molecule has 0 aromatic carbocycles. The molecule has 3 nitrogen and oxygen atoms in total. The summed E-state index contributed by atoms with van der Waals surface area (Å²) in [6.07, 6.45) is 4.21. The fraction of sp³-hybridized carbons (Fsp3) is 0.800. The van der Waals surface area contributed by atoms with Gasteiger partial charge in [-0.2, -0.15) is 5.10 Å². The maximum absolute atomic E-state index is 6.30. The minimum Gasteiger partial charge on any atom is -0.380 e. The maximum atomic E-state index is 6.30. The Labute approximate surface area is 122 Å². The number of nitrogens with zero attached hydrogens (tertiary/aromatic N) is 2. The standard InChI is InChI=1S/C15H27ClN2O/c1-5-8-10-19-11-9-18-14(7-3)15(12(4)16)13(6-2)17-18/h12H,5-11H2,1-4H3. The van der Waals surface area contributed by atoms with Gasteiger partial charge in [0.25, 0.3) is 0 Å². The molecule has 1 aromatic heterocycles. The highest BCUT2D eigenvalue weighted by Crippen LogP contribution is 2.28. The Morgan fingerprint density at radius 2 is 1.95 bits per heavy atom. The van der Waals surface area contributed by atoms with Gasteiger partial charge in [0.2, 0.25) is 0 Å². The van der Waals surface area contributed by atoms with Crippen molar-refractivity contribution >= 4 is 11.6 Å². The van der Waals surface area contributed by atoms with Crippen LogP contribution < -0.4 is 0 Å². The van der Waals surface area contributed by atoms with E-state index in [0.29, 0.717) is 0 Å². The summed E-state index contributed by atoms with van der Waals surface area (Å²) in [5.74, 6) is 0. The predicted octanol–water partition coefficient (Wildman–Crippen LogP) is 4.12. The zero-order chi connectivity index (χ0) is 14.3. The number of halogens is 1. The molecule has 0 radical (unpaired) electrons. The summed E-state index contributed by atoms with van der Waals surface area (Å²) in [5.41, 5.74) is 3.62. The summed E-state index contributed by atoms with van der Waals surface area (Å²) < 4.78 is 7.71. The molecule has 0 aliphatic rings. The first-order chi connectivity index (χ1) is 9.15. The molecular formula is C15H27ClN2O. The molecule has 4 heteroatoms. The molecule has 1 atom stereocenters. The SMILES string of the molecule is CCCCOCCn1nc(CC)c(C(C)Cl)c1CC. The summed E-state index contributed by atoms with van der Waals surface area (Å²) in [4.78, 5) is 0. The molecule has 0 aliphatic carbocycles. The monoisotopic (exact) mass is 286 g/mol. The van der Waals surface area contributed by atoms with E-state index in [9.17, 15) is 0 Å². The largest absolute Gasteiger partial charge is 0.380 e. The highest BCUT2D eigenvalue weighted by molar-refractivity contribution is 6.20. The van der Waals surface area contributed by atoms with Gasteiger partial charge in [0.1, 0.15) is 0 Å². The van der Waals surface area contributed by atoms with E-state index >= 15 is 0 Å². The first kappa shape index (κ1) is 16.5. The number of aryl methyl sites for hydroxylation is 1. The van der Waals surface area contributed by atoms with Crippen LogP contribution in [-0.2, 0) is 24.1 Å². The number of aromatic nitrogens is 2. The molecule has 0 bridgehead atoms. The second-order valence-electron chi connectivity index (χ2n) is 4.82. The van der Waals surface area contributed by atoms with Crippen LogP contribution in [0, 0.1) is 0 Å². The summed E-state index contributed by atoms with van der Waals surface area (Å²) in [7, 11) is 0. The lowest BCUT2D eigenvalue weighted by Crippen LogP contribution is -2.11. The third-order valence-corrected chi connectivity index (χ3v) is 3.55. The van der Waals surface area contributed by atoms with Gasteiger partial charge in [-0.05, 0) is 26.2 Å². The molecule has 110 valence electrons. The number of unbranched alkanes of at least 4 members (excludes halogenated alkanes) is 1. The van der Waals surface area contributed by atoms with Gasteiger partial charge in [-0.3, -0.25) is 4.68 Å². The Hall–Kier alpha value is -0.540. The van der Waals surface area contributed by atoms with Crippen LogP contribution in [0.1, 0.15) is 62.9 Å². The van der Waals surface area contributed by atoms with E-state index in [2.05, 4.69) is 25.5 Å². The summed E-state index contributed by atoms with van der Waals surface area (Å²) in [6, 6.07) is 0. The van der Waals surface area contributed by atoms with Gasteiger partial charge < -0.3 is 4.74 Å². The minimum atomic E-state index is 0.0275. The van der Waals surface area contributed by atoms with Crippen LogP contribution in [0.4, 0.5) is 0 Å². The van der Waals surface area contributed by atoms with Crippen molar-refractivity contribution in [3.05, 3.63) is 17.0 Å². The zero-order valence-electron chi connectivity index (χ0n) is 12.7. The van der Waals surface area contributed by atoms with Crippen LogP contribution in [0.3, 0.4) is 0 Å². The molecule has 0 saturated carbocycles. The van der Waals surface area contributed by atoms with Crippen LogP contribution in [0.2, 0.25) is 0 Å². The molecule has 1 aromatic rings. The van der Waals surface area contributed by atoms with Gasteiger partial charge in [0.15, 0.2) is 0 Å². The molecule has 0 fully saturated rings. The van der Waals surface area contributed by atoms with E-state index in [-0.39, 0.29) is 5.38 Å². The maximum Gasteiger partial charge on any atom is 0.0671 e. The van der Waals surface area contributed by atoms with Gasteiger partial charge >= 0.3 is 0 Å². The fourth-order valence-electron chi connectivity index (χ4n) is 2.34. The van der Waals surface area contributed by atoms with E-state index in [1.807, 2.05) is 6.92 Å². The molecule has 0 aliphatic heterocycles. The average Bonchev–Trinajstić information content (AvgIpc) is 2.76. The Balaban J connectivity index is 2.72. The Bertz CT molecular complexity index is 374. The van der Waals surface area contributed by atoms with Crippen molar-refractivity contribution in [3.8, 4) is 0 Å². The number of hydrogen-bond donors (Lipinski definition) is 0. The van der Waals surface area contributed by atoms with Gasteiger partial charge in [-0.25, -0.2) is 0 Å². The first-order valence-electron chi connectivity index (χ1n) is 7.45. The van der Waals surface area contributed by atoms with Crippen molar-refractivity contribution in [3.63, 3.8) is 0 Å². The van der Waals surface area contributed by atoms with Crippen molar-refractivity contribution in [2.75, 3.05) is 13.2 Å². The molecule has 1 rings (SSSR count). The topological polar surface area (TPSA) is 27.1 Å². The Kier molecular flexibility index (Phi) is 7.47. The van der Waals surface area contributed by atoms with Gasteiger partial charge in [-0.1, -0.05) is 27.2 Å². The molecular weight excluding hydrogens is 260 g/mol. The molecule has 0 amide bonds. The van der Waals surface area contributed by atoms with E-state index in [1.54, 1.807) is 0 Å². The van der Waals surface area contributed by atoms with Crippen molar-refractivity contribution in [1.29, 1.82) is 0 Å². The highest BCUT2D eigenvalue weighted by atomic mass is 35.5. The summed E-state index contributed by atoms with van der Waals surface area (Å²) in [5, 5.41) is 4.72. The number of ether oxygens (including phenoxy) is 1. The molecule has 1 unspecified atom stereocenters. The van der Waals surface area contributed by atoms with E-state index in [0.717, 1.165) is 44.7 Å². The van der Waals surface area contributed by atoms with Gasteiger partial charge in [0.05, 0.1) is 24.2 Å². The fourth-order valence-corrected chi connectivity index (χ4v) is 2.60. The number of hydrogen-bond acceptors (Lipinski definition) is 2. The van der Waals surface area contributed by atoms with Crippen molar-refractivity contribution in [2.45, 2.75) is 65.3 Å². The van der Waals surface area contributed by atoms with Gasteiger partial charge in [-0.15, -0.1) is 11.6 Å². The molecule has 19 heavy (non-hydrogen) atoms. The van der Waals surface area contributed by atoms with E-state index in [1.165, 1.54) is 17.7 Å². The third-order valence-electron chi connectivity index (χ3n) is 3.33. The van der Waals surface area contributed by atoms with Crippen molar-refractivity contribution < 1.29 is 4.74 Å². The lowest BCUT2D eigenvalue weighted by Gasteiger charge is -2.09. The van der Waals surface area contributed by atoms with Crippen molar-refractivity contribution in [2.24, 2.45) is 0 Å². The first-order valence-corrected chi connectivity index (χ1v) is 7.89. The van der Waals surface area contributed by atoms with Crippen molar-refractivity contribution in [1.82, 2.24) is 9.78 Å². The van der Waals surface area contributed by atoms with Crippen LogP contribution >= 0.6 is 11.6 Å². The Morgan fingerprint density at radius 3 is 2.47 bits per heavy atom. The number of alkyl halides is 1. The average molecular weight is 287 g/mol. The number of rotatable bonds is 9. The van der Waals surface area contributed by atoms with Crippen LogP contribution in [0.15, 0.2) is 0 Å². The molecule has 1 heterocycles. The van der Waals surface area contributed by atoms with Gasteiger partial charge in [0, 0.05) is 17.9 Å². The smallest absolute Gasteiger partial charge is 0.0671 e. The summed E-state index contributed by atoms with van der Waals surface area (Å²) in [6.45, 7) is 10.9. The molecule has 0 saturated heterocycles. The quantitative estimate of drug-likeness (QED) is 0.504. The second kappa shape index (κ2) is 8.60. The molecule has 0 spiro atoms. The van der Waals surface area contributed by atoms with Crippen LogP contribution in [-0.4, -0.2) is 23.0 Å².